The van der Waals surface area contributed by atoms with Crippen molar-refractivity contribution in [1.29, 1.82) is 0 Å². The van der Waals surface area contributed by atoms with Crippen molar-refractivity contribution >= 4 is 27.5 Å². The number of benzene rings is 1. The fraction of sp³-hybridized carbons (Fsp3) is 0.600. The number of hydrogen-bond donors (Lipinski definition) is 1. The molecule has 0 aliphatic carbocycles. The van der Waals surface area contributed by atoms with Gasteiger partial charge in [-0.3, -0.25) is 0 Å². The maximum absolute atomic E-state index is 5.95. The molecule has 1 heterocycles. The quantitative estimate of drug-likeness (QED) is 0.865. The van der Waals surface area contributed by atoms with E-state index in [1.165, 1.54) is 37.9 Å². The molecule has 0 aromatic heterocycles. The van der Waals surface area contributed by atoms with E-state index in [1.807, 2.05) is 12.1 Å². The zero-order chi connectivity index (χ0) is 13.7. The predicted molar refractivity (Wildman–Crippen MR) is 85.7 cm³/mol. The van der Waals surface area contributed by atoms with Gasteiger partial charge in [0.15, 0.2) is 0 Å². The summed E-state index contributed by atoms with van der Waals surface area (Å²) in [6.07, 6.45) is 4.11. The third kappa shape index (κ3) is 5.07. The van der Waals surface area contributed by atoms with Crippen LogP contribution in [-0.4, -0.2) is 30.6 Å². The van der Waals surface area contributed by atoms with E-state index in [4.69, 9.17) is 11.6 Å². The number of halogens is 2. The molecule has 4 heteroatoms. The molecule has 0 bridgehead atoms. The molecule has 0 spiro atoms. The Bertz CT molecular complexity index is 405. The van der Waals surface area contributed by atoms with Crippen molar-refractivity contribution in [2.24, 2.45) is 0 Å². The first-order valence-electron chi connectivity index (χ1n) is 7.05. The minimum Gasteiger partial charge on any atom is -0.309 e. The van der Waals surface area contributed by atoms with E-state index in [2.05, 4.69) is 39.1 Å². The number of hydrogen-bond acceptors (Lipinski definition) is 2. The van der Waals surface area contributed by atoms with Gasteiger partial charge in [0, 0.05) is 28.6 Å². The molecule has 19 heavy (non-hydrogen) atoms. The number of nitrogens with one attached hydrogen (secondary N) is 1. The van der Waals surface area contributed by atoms with Crippen LogP contribution in [0.2, 0.25) is 5.02 Å². The first-order chi connectivity index (χ1) is 9.15. The van der Waals surface area contributed by atoms with E-state index in [-0.39, 0.29) is 0 Å². The summed E-state index contributed by atoms with van der Waals surface area (Å²) in [7, 11) is 0. The lowest BCUT2D eigenvalue weighted by atomic mass is 10.1. The Morgan fingerprint density at radius 1 is 1.32 bits per heavy atom. The minimum absolute atomic E-state index is 0.515. The van der Waals surface area contributed by atoms with Crippen LogP contribution in [0, 0.1) is 0 Å². The summed E-state index contributed by atoms with van der Waals surface area (Å²) in [5.74, 6) is 0. The van der Waals surface area contributed by atoms with Gasteiger partial charge < -0.3 is 10.2 Å². The van der Waals surface area contributed by atoms with Crippen LogP contribution in [-0.2, 0) is 6.54 Å². The van der Waals surface area contributed by atoms with Crippen LogP contribution in [0.4, 0.5) is 0 Å². The number of piperidine rings is 1. The highest BCUT2D eigenvalue weighted by atomic mass is 79.9. The Morgan fingerprint density at radius 2 is 2.05 bits per heavy atom. The van der Waals surface area contributed by atoms with Crippen molar-refractivity contribution < 1.29 is 0 Å². The van der Waals surface area contributed by atoms with Crippen molar-refractivity contribution in [3.8, 4) is 0 Å². The van der Waals surface area contributed by atoms with Crippen LogP contribution < -0.4 is 5.32 Å². The van der Waals surface area contributed by atoms with Crippen molar-refractivity contribution in [2.75, 3.05) is 19.6 Å². The van der Waals surface area contributed by atoms with Gasteiger partial charge in [-0.2, -0.15) is 0 Å². The Kier molecular flexibility index (Phi) is 6.14. The first kappa shape index (κ1) is 15.3. The zero-order valence-electron chi connectivity index (χ0n) is 11.5. The molecule has 2 nitrogen and oxygen atoms in total. The molecule has 2 rings (SSSR count). The lowest BCUT2D eigenvalue weighted by Gasteiger charge is -2.29. The molecule has 1 saturated heterocycles. The molecule has 0 saturated carbocycles. The summed E-state index contributed by atoms with van der Waals surface area (Å²) in [5.41, 5.74) is 1.26. The summed E-state index contributed by atoms with van der Waals surface area (Å²) in [4.78, 5) is 2.57. The third-order valence-electron chi connectivity index (χ3n) is 3.64. The average Bonchev–Trinajstić information content (AvgIpc) is 2.39. The molecule has 1 aromatic rings. The lowest BCUT2D eigenvalue weighted by Crippen LogP contribution is -2.41. The summed E-state index contributed by atoms with van der Waals surface area (Å²) in [5, 5.41) is 4.37. The van der Waals surface area contributed by atoms with E-state index in [0.717, 1.165) is 22.6 Å². The van der Waals surface area contributed by atoms with Gasteiger partial charge in [0.25, 0.3) is 0 Å². The second kappa shape index (κ2) is 7.63. The first-order valence-corrected chi connectivity index (χ1v) is 8.22. The molecule has 106 valence electrons. The Hall–Kier alpha value is -0.0900. The molecule has 1 aliphatic heterocycles. The largest absolute Gasteiger partial charge is 0.309 e. The van der Waals surface area contributed by atoms with Crippen LogP contribution in [0.5, 0.6) is 0 Å². The number of likely N-dealkylation sites (tertiary alicyclic amines) is 1. The van der Waals surface area contributed by atoms with Gasteiger partial charge in [-0.25, -0.2) is 0 Å². The van der Waals surface area contributed by atoms with E-state index >= 15 is 0 Å². The van der Waals surface area contributed by atoms with Crippen LogP contribution in [0.25, 0.3) is 0 Å². The molecule has 1 aromatic carbocycles. The topological polar surface area (TPSA) is 15.3 Å². The summed E-state index contributed by atoms with van der Waals surface area (Å²) < 4.78 is 1.08. The monoisotopic (exact) mass is 344 g/mol. The van der Waals surface area contributed by atoms with Crippen LogP contribution in [0.1, 0.15) is 31.7 Å². The maximum atomic E-state index is 5.95. The zero-order valence-corrected chi connectivity index (χ0v) is 13.8. The minimum atomic E-state index is 0.515. The lowest BCUT2D eigenvalue weighted by molar-refractivity contribution is 0.209. The van der Waals surface area contributed by atoms with Crippen LogP contribution >= 0.6 is 27.5 Å². The van der Waals surface area contributed by atoms with Crippen molar-refractivity contribution in [2.45, 2.75) is 38.8 Å². The van der Waals surface area contributed by atoms with Crippen LogP contribution in [0.15, 0.2) is 22.7 Å². The normalized spacial score (nSPS) is 18.5. The van der Waals surface area contributed by atoms with Crippen LogP contribution in [0.3, 0.4) is 0 Å². The van der Waals surface area contributed by atoms with Gasteiger partial charge in [0.2, 0.25) is 0 Å². The second-order valence-corrected chi connectivity index (χ2v) is 6.67. The molecule has 1 N–H and O–H groups in total. The van der Waals surface area contributed by atoms with Gasteiger partial charge in [0.1, 0.15) is 0 Å². The van der Waals surface area contributed by atoms with Crippen molar-refractivity contribution in [3.63, 3.8) is 0 Å². The smallest absolute Gasteiger partial charge is 0.0417 e. The third-order valence-corrected chi connectivity index (χ3v) is 4.61. The molecular weight excluding hydrogens is 324 g/mol. The number of rotatable bonds is 5. The van der Waals surface area contributed by atoms with E-state index in [0.29, 0.717) is 6.04 Å². The van der Waals surface area contributed by atoms with Gasteiger partial charge in [0.05, 0.1) is 0 Å². The van der Waals surface area contributed by atoms with Gasteiger partial charge in [-0.1, -0.05) is 40.0 Å². The fourth-order valence-electron chi connectivity index (χ4n) is 2.54. The average molecular weight is 346 g/mol. The Morgan fingerprint density at radius 3 is 2.74 bits per heavy atom. The van der Waals surface area contributed by atoms with E-state index in [1.54, 1.807) is 0 Å². The van der Waals surface area contributed by atoms with E-state index in [9.17, 15) is 0 Å². The van der Waals surface area contributed by atoms with Gasteiger partial charge in [-0.05, 0) is 50.6 Å². The molecule has 1 aliphatic rings. The summed E-state index contributed by atoms with van der Waals surface area (Å²) in [6.45, 7) is 6.81. The van der Waals surface area contributed by atoms with E-state index < -0.39 is 0 Å². The molecule has 1 unspecified atom stereocenters. The van der Waals surface area contributed by atoms with Gasteiger partial charge >= 0.3 is 0 Å². The fourth-order valence-corrected chi connectivity index (χ4v) is 3.37. The Labute approximate surface area is 129 Å². The Balaban J connectivity index is 1.77. The molecule has 1 atom stereocenters. The van der Waals surface area contributed by atoms with Crippen molar-refractivity contribution in [3.05, 3.63) is 33.3 Å². The molecular formula is C15H22BrClN2. The second-order valence-electron chi connectivity index (χ2n) is 5.38. The highest BCUT2D eigenvalue weighted by molar-refractivity contribution is 9.10. The molecule has 1 fully saturated rings. The predicted octanol–water partition coefficient (Wildman–Crippen LogP) is 4.07. The van der Waals surface area contributed by atoms with Crippen molar-refractivity contribution in [1.82, 2.24) is 10.2 Å². The SMILES string of the molecule is CC(CN1CCCCC1)NCc1ccc(Cl)cc1Br. The van der Waals surface area contributed by atoms with Gasteiger partial charge in [-0.15, -0.1) is 0 Å². The highest BCUT2D eigenvalue weighted by Crippen LogP contribution is 2.21. The highest BCUT2D eigenvalue weighted by Gasteiger charge is 2.13. The maximum Gasteiger partial charge on any atom is 0.0417 e. The summed E-state index contributed by atoms with van der Waals surface area (Å²) in [6, 6.07) is 6.49. The standard InChI is InChI=1S/C15H22BrClN2/c1-12(11-19-7-3-2-4-8-19)18-10-13-5-6-14(17)9-15(13)16/h5-6,9,12,18H,2-4,7-8,10-11H2,1H3. The molecule has 0 amide bonds. The molecule has 0 radical (unpaired) electrons. The number of nitrogens with zero attached hydrogens (tertiary/aromatic N) is 1. The summed E-state index contributed by atoms with van der Waals surface area (Å²) >= 11 is 9.51.